The Bertz CT molecular complexity index is 325. The van der Waals surface area contributed by atoms with E-state index in [2.05, 4.69) is 0 Å². The third kappa shape index (κ3) is 3.69. The summed E-state index contributed by atoms with van der Waals surface area (Å²) in [6.45, 7) is 4.96. The zero-order valence-electron chi connectivity index (χ0n) is 12.1. The molecule has 5 nitrogen and oxygen atoms in total. The maximum atomic E-state index is 12.3. The number of methoxy groups -OCH3 is 1. The van der Waals surface area contributed by atoms with E-state index in [9.17, 15) is 14.7 Å². The third-order valence-electron chi connectivity index (χ3n) is 4.36. The molecule has 0 spiro atoms. The van der Waals surface area contributed by atoms with Gasteiger partial charge in [0.1, 0.15) is 0 Å². The Labute approximate surface area is 114 Å². The largest absolute Gasteiger partial charge is 0.481 e. The zero-order chi connectivity index (χ0) is 14.5. The number of aliphatic carboxylic acids is 1. The summed E-state index contributed by atoms with van der Waals surface area (Å²) in [7, 11) is 1.65. The van der Waals surface area contributed by atoms with Crippen molar-refractivity contribution in [3.63, 3.8) is 0 Å². The van der Waals surface area contributed by atoms with Crippen LogP contribution >= 0.6 is 0 Å². The lowest BCUT2D eigenvalue weighted by Gasteiger charge is -2.35. The van der Waals surface area contributed by atoms with Crippen LogP contribution in [0.3, 0.4) is 0 Å². The summed E-state index contributed by atoms with van der Waals surface area (Å²) in [6.07, 6.45) is 3.01. The van der Waals surface area contributed by atoms with Gasteiger partial charge in [-0.3, -0.25) is 9.59 Å². The van der Waals surface area contributed by atoms with Crippen LogP contribution in [0, 0.1) is 5.41 Å². The molecule has 1 unspecified atom stereocenters. The molecule has 1 aliphatic heterocycles. The number of amides is 1. The number of likely N-dealkylation sites (tertiary alicyclic amines) is 1. The molecular weight excluding hydrogens is 246 g/mol. The summed E-state index contributed by atoms with van der Waals surface area (Å²) in [6, 6.07) is 0. The highest BCUT2D eigenvalue weighted by molar-refractivity contribution is 5.85. The summed E-state index contributed by atoms with van der Waals surface area (Å²) >= 11 is 0. The van der Waals surface area contributed by atoms with Crippen molar-refractivity contribution in [3.8, 4) is 0 Å². The van der Waals surface area contributed by atoms with Crippen LogP contribution in [0.4, 0.5) is 0 Å². The summed E-state index contributed by atoms with van der Waals surface area (Å²) in [5, 5.41) is 9.37. The van der Waals surface area contributed by atoms with Gasteiger partial charge in [0.25, 0.3) is 0 Å². The molecule has 110 valence electrons. The molecule has 0 saturated carbocycles. The Morgan fingerprint density at radius 2 is 2.00 bits per heavy atom. The van der Waals surface area contributed by atoms with Gasteiger partial charge in [-0.1, -0.05) is 13.8 Å². The standard InChI is InChI=1S/C14H25NO4/c1-4-14(5-2,13(17)18)9-12(16)15-8-6-7-11(10-15)19-3/h11H,4-10H2,1-3H3,(H,17,18). The van der Waals surface area contributed by atoms with E-state index < -0.39 is 11.4 Å². The molecule has 1 N–H and O–H groups in total. The maximum Gasteiger partial charge on any atom is 0.310 e. The molecule has 0 aromatic heterocycles. The Morgan fingerprint density at radius 1 is 1.37 bits per heavy atom. The average Bonchev–Trinajstić information content (AvgIpc) is 2.44. The maximum absolute atomic E-state index is 12.3. The second-order valence-corrected chi connectivity index (χ2v) is 5.31. The van der Waals surface area contributed by atoms with Gasteiger partial charge in [-0.2, -0.15) is 0 Å². The Kier molecular flexibility index (Phi) is 5.79. The molecule has 1 atom stereocenters. The van der Waals surface area contributed by atoms with Gasteiger partial charge < -0.3 is 14.7 Å². The van der Waals surface area contributed by atoms with Crippen molar-refractivity contribution in [1.29, 1.82) is 0 Å². The van der Waals surface area contributed by atoms with Crippen molar-refractivity contribution in [1.82, 2.24) is 4.90 Å². The number of carbonyl (C=O) groups excluding carboxylic acids is 1. The Morgan fingerprint density at radius 3 is 2.47 bits per heavy atom. The van der Waals surface area contributed by atoms with Crippen LogP contribution in [-0.4, -0.2) is 48.2 Å². The molecule has 1 amide bonds. The number of nitrogens with zero attached hydrogens (tertiary/aromatic N) is 1. The molecule has 0 radical (unpaired) electrons. The molecule has 0 aromatic rings. The molecule has 0 aliphatic carbocycles. The van der Waals surface area contributed by atoms with E-state index in [-0.39, 0.29) is 18.4 Å². The number of hydrogen-bond donors (Lipinski definition) is 1. The summed E-state index contributed by atoms with van der Waals surface area (Å²) in [4.78, 5) is 25.5. The van der Waals surface area contributed by atoms with Crippen LogP contribution in [0.2, 0.25) is 0 Å². The molecule has 1 heterocycles. The van der Waals surface area contributed by atoms with Crippen LogP contribution < -0.4 is 0 Å². The highest BCUT2D eigenvalue weighted by Crippen LogP contribution is 2.32. The normalized spacial score (nSPS) is 20.4. The number of carbonyl (C=O) groups is 2. The van der Waals surface area contributed by atoms with Gasteiger partial charge in [0, 0.05) is 26.6 Å². The van der Waals surface area contributed by atoms with E-state index in [4.69, 9.17) is 4.74 Å². The van der Waals surface area contributed by atoms with Gasteiger partial charge in [0.15, 0.2) is 0 Å². The first-order chi connectivity index (χ1) is 8.99. The van der Waals surface area contributed by atoms with Crippen molar-refractivity contribution in [2.45, 2.75) is 52.1 Å². The van der Waals surface area contributed by atoms with E-state index in [0.29, 0.717) is 25.9 Å². The molecule has 0 aromatic carbocycles. The van der Waals surface area contributed by atoms with Crippen LogP contribution in [-0.2, 0) is 14.3 Å². The van der Waals surface area contributed by atoms with Crippen LogP contribution in [0.15, 0.2) is 0 Å². The monoisotopic (exact) mass is 271 g/mol. The zero-order valence-corrected chi connectivity index (χ0v) is 12.1. The van der Waals surface area contributed by atoms with Crippen molar-refractivity contribution in [2.75, 3.05) is 20.2 Å². The lowest BCUT2D eigenvalue weighted by atomic mass is 9.79. The Balaban J connectivity index is 2.69. The van der Waals surface area contributed by atoms with Crippen molar-refractivity contribution in [2.24, 2.45) is 5.41 Å². The number of ether oxygens (including phenoxy) is 1. The number of piperidine rings is 1. The second kappa shape index (κ2) is 6.89. The van der Waals surface area contributed by atoms with E-state index in [0.717, 1.165) is 12.8 Å². The first-order valence-corrected chi connectivity index (χ1v) is 7.03. The lowest BCUT2D eigenvalue weighted by molar-refractivity contribution is -0.155. The smallest absolute Gasteiger partial charge is 0.310 e. The van der Waals surface area contributed by atoms with Gasteiger partial charge in [0.05, 0.1) is 11.5 Å². The minimum Gasteiger partial charge on any atom is -0.481 e. The number of carboxylic acids is 1. The summed E-state index contributed by atoms with van der Waals surface area (Å²) in [5.41, 5.74) is -0.920. The lowest BCUT2D eigenvalue weighted by Crippen LogP contribution is -2.45. The van der Waals surface area contributed by atoms with E-state index in [1.54, 1.807) is 12.0 Å². The number of rotatable bonds is 6. The SMILES string of the molecule is CCC(CC)(CC(=O)N1CCCC(OC)C1)C(=O)O. The number of hydrogen-bond acceptors (Lipinski definition) is 3. The first-order valence-electron chi connectivity index (χ1n) is 7.03. The summed E-state index contributed by atoms with van der Waals surface area (Å²) in [5.74, 6) is -0.931. The highest BCUT2D eigenvalue weighted by atomic mass is 16.5. The fourth-order valence-electron chi connectivity index (χ4n) is 2.64. The molecule has 1 aliphatic rings. The molecule has 0 bridgehead atoms. The topological polar surface area (TPSA) is 66.8 Å². The predicted octanol–water partition coefficient (Wildman–Crippen LogP) is 1.90. The molecule has 19 heavy (non-hydrogen) atoms. The van der Waals surface area contributed by atoms with Crippen LogP contribution in [0.5, 0.6) is 0 Å². The minimum absolute atomic E-state index is 0.0622. The van der Waals surface area contributed by atoms with Crippen molar-refractivity contribution >= 4 is 11.9 Å². The van der Waals surface area contributed by atoms with E-state index in [1.807, 2.05) is 13.8 Å². The van der Waals surface area contributed by atoms with Crippen LogP contribution in [0.25, 0.3) is 0 Å². The molecule has 1 rings (SSSR count). The fraction of sp³-hybridized carbons (Fsp3) is 0.857. The third-order valence-corrected chi connectivity index (χ3v) is 4.36. The van der Waals surface area contributed by atoms with Crippen molar-refractivity contribution in [3.05, 3.63) is 0 Å². The van der Waals surface area contributed by atoms with Gasteiger partial charge in [0.2, 0.25) is 5.91 Å². The predicted molar refractivity (Wildman–Crippen MR) is 71.9 cm³/mol. The van der Waals surface area contributed by atoms with E-state index in [1.165, 1.54) is 0 Å². The highest BCUT2D eigenvalue weighted by Gasteiger charge is 2.39. The molecular formula is C14H25NO4. The fourth-order valence-corrected chi connectivity index (χ4v) is 2.64. The van der Waals surface area contributed by atoms with E-state index >= 15 is 0 Å². The Hall–Kier alpha value is -1.10. The van der Waals surface area contributed by atoms with Gasteiger partial charge in [-0.15, -0.1) is 0 Å². The van der Waals surface area contributed by atoms with Gasteiger partial charge in [-0.05, 0) is 25.7 Å². The quantitative estimate of drug-likeness (QED) is 0.801. The van der Waals surface area contributed by atoms with Gasteiger partial charge in [-0.25, -0.2) is 0 Å². The molecule has 1 saturated heterocycles. The first kappa shape index (κ1) is 16.0. The summed E-state index contributed by atoms with van der Waals surface area (Å²) < 4.78 is 5.29. The average molecular weight is 271 g/mol. The minimum atomic E-state index is -0.920. The number of carboxylic acid groups (broad SMARTS) is 1. The van der Waals surface area contributed by atoms with Gasteiger partial charge >= 0.3 is 5.97 Å². The second-order valence-electron chi connectivity index (χ2n) is 5.31. The molecule has 5 heteroatoms. The molecule has 1 fully saturated rings. The van der Waals surface area contributed by atoms with Crippen molar-refractivity contribution < 1.29 is 19.4 Å². The van der Waals surface area contributed by atoms with Crippen LogP contribution in [0.1, 0.15) is 46.0 Å².